The lowest BCUT2D eigenvalue weighted by atomic mass is 9.95. The molecule has 0 aliphatic rings. The molecule has 0 aliphatic carbocycles. The number of aromatic hydroxyl groups is 1. The summed E-state index contributed by atoms with van der Waals surface area (Å²) in [6.07, 6.45) is -2.24. The average Bonchev–Trinajstić information content (AvgIpc) is 2.46. The van der Waals surface area contributed by atoms with Crippen molar-refractivity contribution in [2.75, 3.05) is 6.54 Å². The van der Waals surface area contributed by atoms with Gasteiger partial charge in [-0.2, -0.15) is 0 Å². The monoisotopic (exact) mass is 273 g/mol. The number of fused-ring (bicyclic) bond motifs is 1. The fourth-order valence-electron chi connectivity index (χ4n) is 2.18. The molecule has 0 radical (unpaired) electrons. The number of hydrogen-bond acceptors (Lipinski definition) is 4. The zero-order chi connectivity index (χ0) is 14.5. The van der Waals surface area contributed by atoms with Gasteiger partial charge in [0.25, 0.3) is 0 Å². The second-order valence-electron chi connectivity index (χ2n) is 4.47. The zero-order valence-corrected chi connectivity index (χ0v) is 10.7. The van der Waals surface area contributed by atoms with Gasteiger partial charge in [-0.3, -0.25) is 0 Å². The van der Waals surface area contributed by atoms with Gasteiger partial charge in [0, 0.05) is 17.0 Å². The molecule has 0 spiro atoms. The molecule has 0 amide bonds. The van der Waals surface area contributed by atoms with Crippen molar-refractivity contribution in [2.24, 2.45) is 5.11 Å². The van der Waals surface area contributed by atoms with Crippen LogP contribution in [0.2, 0.25) is 0 Å². The maximum atomic E-state index is 10.2. The van der Waals surface area contributed by atoms with E-state index in [9.17, 15) is 15.3 Å². The van der Waals surface area contributed by atoms with E-state index in [4.69, 9.17) is 5.53 Å². The highest BCUT2D eigenvalue weighted by atomic mass is 16.3. The fraction of sp³-hybridized carbons (Fsp3) is 0.286. The largest absolute Gasteiger partial charge is 0.508 e. The number of rotatable bonds is 5. The van der Waals surface area contributed by atoms with E-state index in [0.29, 0.717) is 5.39 Å². The Bertz CT molecular complexity index is 653. The maximum Gasteiger partial charge on any atom is 0.122 e. The van der Waals surface area contributed by atoms with Crippen molar-refractivity contribution in [3.05, 3.63) is 52.4 Å². The molecule has 0 saturated carbocycles. The summed E-state index contributed by atoms with van der Waals surface area (Å²) in [7, 11) is 0. The summed E-state index contributed by atoms with van der Waals surface area (Å²) in [6.45, 7) is 0.0836. The van der Waals surface area contributed by atoms with Crippen LogP contribution in [0.1, 0.15) is 18.1 Å². The first-order valence-corrected chi connectivity index (χ1v) is 6.22. The smallest absolute Gasteiger partial charge is 0.122 e. The molecule has 20 heavy (non-hydrogen) atoms. The van der Waals surface area contributed by atoms with Gasteiger partial charge < -0.3 is 15.3 Å². The number of aliphatic hydroxyl groups excluding tert-OH is 2. The molecular weight excluding hydrogens is 258 g/mol. The van der Waals surface area contributed by atoms with E-state index in [1.807, 2.05) is 12.1 Å². The minimum Gasteiger partial charge on any atom is -0.508 e. The van der Waals surface area contributed by atoms with Gasteiger partial charge in [-0.25, -0.2) is 0 Å². The molecule has 0 fully saturated rings. The van der Waals surface area contributed by atoms with Crippen molar-refractivity contribution >= 4 is 10.8 Å². The third-order valence-electron chi connectivity index (χ3n) is 3.20. The van der Waals surface area contributed by atoms with Crippen LogP contribution in [0, 0.1) is 0 Å². The van der Waals surface area contributed by atoms with Crippen LogP contribution >= 0.6 is 0 Å². The standard InChI is InChI=1S/C14H15N3O3/c15-17-16-8-7-12(19)14(20)13-10-4-2-1-3-9(10)5-6-11(13)18/h1-6,12,14,18-20H,7-8H2. The van der Waals surface area contributed by atoms with Gasteiger partial charge >= 0.3 is 0 Å². The summed E-state index contributed by atoms with van der Waals surface area (Å²) in [6, 6.07) is 10.5. The van der Waals surface area contributed by atoms with E-state index in [0.717, 1.165) is 5.39 Å². The Labute approximate surface area is 115 Å². The summed E-state index contributed by atoms with van der Waals surface area (Å²) < 4.78 is 0. The second kappa shape index (κ2) is 6.25. The molecule has 2 aromatic rings. The molecule has 2 aromatic carbocycles. The Kier molecular flexibility index (Phi) is 4.42. The lowest BCUT2D eigenvalue weighted by Gasteiger charge is -2.20. The molecule has 0 heterocycles. The highest BCUT2D eigenvalue weighted by Gasteiger charge is 2.23. The third kappa shape index (κ3) is 2.83. The van der Waals surface area contributed by atoms with Gasteiger partial charge in [0.1, 0.15) is 11.9 Å². The second-order valence-corrected chi connectivity index (χ2v) is 4.47. The van der Waals surface area contributed by atoms with Gasteiger partial charge in [-0.15, -0.1) is 0 Å². The number of benzene rings is 2. The van der Waals surface area contributed by atoms with Crippen molar-refractivity contribution < 1.29 is 15.3 Å². The summed E-state index contributed by atoms with van der Waals surface area (Å²) in [5.74, 6) is -0.0703. The molecule has 0 bridgehead atoms. The Hall–Kier alpha value is -2.27. The van der Waals surface area contributed by atoms with Crippen molar-refractivity contribution in [1.82, 2.24) is 0 Å². The molecule has 2 rings (SSSR count). The number of phenols is 1. The molecule has 2 unspecified atom stereocenters. The molecule has 6 nitrogen and oxygen atoms in total. The quantitative estimate of drug-likeness (QED) is 0.442. The van der Waals surface area contributed by atoms with Crippen LogP contribution in [-0.2, 0) is 0 Å². The number of phenolic OH excluding ortho intramolecular Hbond substituents is 1. The van der Waals surface area contributed by atoms with Crippen LogP contribution in [0.15, 0.2) is 41.5 Å². The summed E-state index contributed by atoms with van der Waals surface area (Å²) in [4.78, 5) is 2.59. The molecule has 0 aromatic heterocycles. The van der Waals surface area contributed by atoms with Gasteiger partial charge in [-0.05, 0) is 28.8 Å². The Morgan fingerprint density at radius 2 is 1.90 bits per heavy atom. The number of hydrogen-bond donors (Lipinski definition) is 3. The molecule has 3 N–H and O–H groups in total. The minimum atomic E-state index is -1.24. The summed E-state index contributed by atoms with van der Waals surface area (Å²) >= 11 is 0. The van der Waals surface area contributed by atoms with Gasteiger partial charge in [0.15, 0.2) is 0 Å². The fourth-order valence-corrected chi connectivity index (χ4v) is 2.18. The predicted molar refractivity (Wildman–Crippen MR) is 75.2 cm³/mol. The van der Waals surface area contributed by atoms with E-state index < -0.39 is 12.2 Å². The Morgan fingerprint density at radius 1 is 1.15 bits per heavy atom. The molecule has 0 aliphatic heterocycles. The lowest BCUT2D eigenvalue weighted by Crippen LogP contribution is -2.19. The van der Waals surface area contributed by atoms with Crippen LogP contribution in [0.3, 0.4) is 0 Å². The Morgan fingerprint density at radius 3 is 2.65 bits per heavy atom. The number of nitrogens with zero attached hydrogens (tertiary/aromatic N) is 3. The molecule has 6 heteroatoms. The van der Waals surface area contributed by atoms with Crippen LogP contribution < -0.4 is 0 Å². The summed E-state index contributed by atoms with van der Waals surface area (Å²) in [5, 5.41) is 35.0. The van der Waals surface area contributed by atoms with E-state index in [-0.39, 0.29) is 24.3 Å². The average molecular weight is 273 g/mol. The van der Waals surface area contributed by atoms with E-state index in [1.54, 1.807) is 18.2 Å². The van der Waals surface area contributed by atoms with Crippen LogP contribution in [0.25, 0.3) is 21.2 Å². The Balaban J connectivity index is 2.35. The first-order valence-electron chi connectivity index (χ1n) is 6.22. The SMILES string of the molecule is [N-]=[N+]=NCCC(O)C(O)c1c(O)ccc2ccccc12. The van der Waals surface area contributed by atoms with E-state index >= 15 is 0 Å². The minimum absolute atomic E-state index is 0.0703. The van der Waals surface area contributed by atoms with Crippen molar-refractivity contribution in [3.63, 3.8) is 0 Å². The first-order chi connectivity index (χ1) is 9.65. The lowest BCUT2D eigenvalue weighted by molar-refractivity contribution is 0.0146. The number of azide groups is 1. The van der Waals surface area contributed by atoms with Gasteiger partial charge in [-0.1, -0.05) is 35.4 Å². The normalized spacial score (nSPS) is 13.7. The molecule has 104 valence electrons. The van der Waals surface area contributed by atoms with E-state index in [1.165, 1.54) is 6.07 Å². The van der Waals surface area contributed by atoms with Crippen molar-refractivity contribution in [3.8, 4) is 5.75 Å². The van der Waals surface area contributed by atoms with Crippen LogP contribution in [0.4, 0.5) is 0 Å². The first kappa shape index (κ1) is 14.1. The predicted octanol–water partition coefficient (Wildman–Crippen LogP) is 2.64. The van der Waals surface area contributed by atoms with E-state index in [2.05, 4.69) is 10.0 Å². The molecular formula is C14H15N3O3. The van der Waals surface area contributed by atoms with Gasteiger partial charge in [0.05, 0.1) is 6.10 Å². The summed E-state index contributed by atoms with van der Waals surface area (Å²) in [5.41, 5.74) is 8.48. The third-order valence-corrected chi connectivity index (χ3v) is 3.20. The van der Waals surface area contributed by atoms with Crippen LogP contribution in [0.5, 0.6) is 5.75 Å². The van der Waals surface area contributed by atoms with Crippen molar-refractivity contribution in [2.45, 2.75) is 18.6 Å². The van der Waals surface area contributed by atoms with Crippen LogP contribution in [-0.4, -0.2) is 28.0 Å². The highest BCUT2D eigenvalue weighted by Crippen LogP contribution is 2.34. The number of aliphatic hydroxyl groups is 2. The highest BCUT2D eigenvalue weighted by molar-refractivity contribution is 5.88. The topological polar surface area (TPSA) is 109 Å². The zero-order valence-electron chi connectivity index (χ0n) is 10.7. The maximum absolute atomic E-state index is 10.2. The van der Waals surface area contributed by atoms with Crippen molar-refractivity contribution in [1.29, 1.82) is 0 Å². The molecule has 0 saturated heterocycles. The molecule has 2 atom stereocenters. The van der Waals surface area contributed by atoms with Gasteiger partial charge in [0.2, 0.25) is 0 Å².